The van der Waals surface area contributed by atoms with Gasteiger partial charge in [-0.2, -0.15) is 5.10 Å². The lowest BCUT2D eigenvalue weighted by molar-refractivity contribution is -0.124. The second kappa shape index (κ2) is 7.56. The van der Waals surface area contributed by atoms with Crippen LogP contribution in [-0.4, -0.2) is 37.9 Å². The maximum absolute atomic E-state index is 12.4. The predicted octanol–water partition coefficient (Wildman–Crippen LogP) is 1.79. The van der Waals surface area contributed by atoms with Crippen molar-refractivity contribution in [1.82, 2.24) is 19.7 Å². The molecule has 0 radical (unpaired) electrons. The van der Waals surface area contributed by atoms with Gasteiger partial charge in [-0.3, -0.25) is 9.59 Å². The van der Waals surface area contributed by atoms with Crippen LogP contribution in [0.4, 0.5) is 5.69 Å². The molecule has 0 saturated carbocycles. The minimum atomic E-state index is -1.34. The van der Waals surface area contributed by atoms with Gasteiger partial charge < -0.3 is 20.1 Å². The van der Waals surface area contributed by atoms with E-state index in [1.165, 1.54) is 24.3 Å². The average molecular weight is 391 g/mol. The third kappa shape index (κ3) is 3.58. The highest BCUT2D eigenvalue weighted by molar-refractivity contribution is 5.94. The van der Waals surface area contributed by atoms with E-state index in [-0.39, 0.29) is 5.56 Å². The van der Waals surface area contributed by atoms with Crippen LogP contribution in [-0.2, 0) is 4.79 Å². The number of anilines is 1. The predicted molar refractivity (Wildman–Crippen MR) is 106 cm³/mol. The lowest BCUT2D eigenvalue weighted by Gasteiger charge is -2.13. The molecular weight excluding hydrogens is 374 g/mol. The molecule has 146 valence electrons. The first kappa shape index (κ1) is 18.4. The molecule has 3 N–H and O–H groups in total. The number of carbonyl (C=O) groups is 1. The van der Waals surface area contributed by atoms with E-state index in [1.54, 1.807) is 48.5 Å². The summed E-state index contributed by atoms with van der Waals surface area (Å²) in [6, 6.07) is 13.5. The van der Waals surface area contributed by atoms with Crippen LogP contribution in [0, 0.1) is 0 Å². The van der Waals surface area contributed by atoms with Crippen molar-refractivity contribution in [2.24, 2.45) is 0 Å². The number of aliphatic hydroxyl groups excluding tert-OH is 1. The maximum Gasteiger partial charge on any atom is 0.261 e. The zero-order chi connectivity index (χ0) is 20.4. The lowest BCUT2D eigenvalue weighted by atomic mass is 10.1. The van der Waals surface area contributed by atoms with E-state index >= 15 is 0 Å². The molecule has 0 aliphatic heterocycles. The molecule has 0 aliphatic rings. The van der Waals surface area contributed by atoms with Gasteiger partial charge in [0.15, 0.2) is 11.8 Å². The fourth-order valence-electron chi connectivity index (χ4n) is 2.90. The first-order chi connectivity index (χ1) is 14.1. The summed E-state index contributed by atoms with van der Waals surface area (Å²) in [5.74, 6) is -0.0126. The molecule has 0 fully saturated rings. The van der Waals surface area contributed by atoms with Gasteiger partial charge in [0, 0.05) is 5.69 Å². The summed E-state index contributed by atoms with van der Waals surface area (Å²) in [7, 11) is 1.52. The van der Waals surface area contributed by atoms with Gasteiger partial charge >= 0.3 is 0 Å². The second-order valence-electron chi connectivity index (χ2n) is 6.24. The highest BCUT2D eigenvalue weighted by Crippen LogP contribution is 2.21. The number of fused-ring (bicyclic) bond motifs is 1. The van der Waals surface area contributed by atoms with E-state index in [1.807, 2.05) is 0 Å². The average Bonchev–Trinajstić information content (AvgIpc) is 3.19. The Balaban J connectivity index is 1.52. The number of carbonyl (C=O) groups excluding carboxylic acids is 1. The molecule has 4 rings (SSSR count). The van der Waals surface area contributed by atoms with E-state index in [0.29, 0.717) is 33.7 Å². The number of methoxy groups -OCH3 is 1. The Labute approximate surface area is 164 Å². The van der Waals surface area contributed by atoms with Crippen molar-refractivity contribution in [2.45, 2.75) is 6.10 Å². The summed E-state index contributed by atoms with van der Waals surface area (Å²) in [6.07, 6.45) is 1.43. The molecule has 0 bridgehead atoms. The van der Waals surface area contributed by atoms with Crippen molar-refractivity contribution in [2.75, 3.05) is 12.4 Å². The lowest BCUT2D eigenvalue weighted by Crippen LogP contribution is -2.20. The van der Waals surface area contributed by atoms with Crippen LogP contribution < -0.4 is 15.6 Å². The largest absolute Gasteiger partial charge is 0.497 e. The number of rotatable bonds is 5. The van der Waals surface area contributed by atoms with Gasteiger partial charge in [-0.05, 0) is 42.0 Å². The number of aromatic nitrogens is 4. The van der Waals surface area contributed by atoms with Gasteiger partial charge in [-0.25, -0.2) is 9.67 Å². The summed E-state index contributed by atoms with van der Waals surface area (Å²) in [6.45, 7) is 0. The van der Waals surface area contributed by atoms with E-state index in [2.05, 4.69) is 20.4 Å². The summed E-state index contributed by atoms with van der Waals surface area (Å²) < 4.78 is 6.64. The van der Waals surface area contributed by atoms with Crippen LogP contribution in [0.2, 0.25) is 0 Å². The topological polar surface area (TPSA) is 122 Å². The highest BCUT2D eigenvalue weighted by atomic mass is 16.5. The summed E-state index contributed by atoms with van der Waals surface area (Å²) in [5.41, 5.74) is 1.76. The van der Waals surface area contributed by atoms with Crippen molar-refractivity contribution < 1.29 is 14.6 Å². The van der Waals surface area contributed by atoms with Crippen LogP contribution in [0.5, 0.6) is 5.75 Å². The third-order valence-corrected chi connectivity index (χ3v) is 4.41. The van der Waals surface area contributed by atoms with Crippen LogP contribution in [0.1, 0.15) is 11.7 Å². The molecular formula is C20H17N5O4. The minimum Gasteiger partial charge on any atom is -0.497 e. The molecule has 2 aromatic carbocycles. The summed E-state index contributed by atoms with van der Waals surface area (Å²) in [4.78, 5) is 30.8. The quantitative estimate of drug-likeness (QED) is 0.477. The molecule has 1 amide bonds. The molecule has 4 aromatic rings. The van der Waals surface area contributed by atoms with Crippen molar-refractivity contribution >= 4 is 22.6 Å². The first-order valence-electron chi connectivity index (χ1n) is 8.71. The van der Waals surface area contributed by atoms with Gasteiger partial charge in [-0.1, -0.05) is 12.1 Å². The fourth-order valence-corrected chi connectivity index (χ4v) is 2.90. The number of H-pyrrole nitrogens is 1. The number of aliphatic hydroxyl groups is 1. The van der Waals surface area contributed by atoms with Crippen molar-refractivity contribution in [3.05, 3.63) is 77.0 Å². The Morgan fingerprint density at radius 2 is 2.03 bits per heavy atom. The number of hydrogen-bond acceptors (Lipinski definition) is 6. The zero-order valence-corrected chi connectivity index (χ0v) is 15.4. The van der Waals surface area contributed by atoms with Gasteiger partial charge in [0.25, 0.3) is 11.5 Å². The monoisotopic (exact) mass is 391 g/mol. The molecule has 2 heterocycles. The Morgan fingerprint density at radius 1 is 1.24 bits per heavy atom. The standard InChI is InChI=1S/C20H17N5O4/c1-29-15-4-2-3-12(9-15)17(26)20(28)24-13-5-7-14(8-6-13)25-18-16(10-23-25)19(27)22-11-21-18/h2-11,17,26H,1H3,(H,24,28)(H,21,22,27). The van der Waals surface area contributed by atoms with Crippen LogP contribution >= 0.6 is 0 Å². The second-order valence-corrected chi connectivity index (χ2v) is 6.24. The molecule has 0 spiro atoms. The van der Waals surface area contributed by atoms with Crippen molar-refractivity contribution in [1.29, 1.82) is 0 Å². The Hall–Kier alpha value is -3.98. The highest BCUT2D eigenvalue weighted by Gasteiger charge is 2.18. The number of nitrogens with one attached hydrogen (secondary N) is 2. The first-order valence-corrected chi connectivity index (χ1v) is 8.71. The van der Waals surface area contributed by atoms with E-state index < -0.39 is 12.0 Å². The van der Waals surface area contributed by atoms with Crippen LogP contribution in [0.3, 0.4) is 0 Å². The summed E-state index contributed by atoms with van der Waals surface area (Å²) in [5, 5.41) is 17.5. The molecule has 29 heavy (non-hydrogen) atoms. The van der Waals surface area contributed by atoms with Gasteiger partial charge in [0.1, 0.15) is 11.1 Å². The fraction of sp³-hybridized carbons (Fsp3) is 0.100. The van der Waals surface area contributed by atoms with Crippen molar-refractivity contribution in [3.8, 4) is 11.4 Å². The van der Waals surface area contributed by atoms with E-state index in [4.69, 9.17) is 4.74 Å². The summed E-state index contributed by atoms with van der Waals surface area (Å²) >= 11 is 0. The third-order valence-electron chi connectivity index (χ3n) is 4.41. The Bertz CT molecular complexity index is 1230. The van der Waals surface area contributed by atoms with E-state index in [0.717, 1.165) is 0 Å². The zero-order valence-electron chi connectivity index (χ0n) is 15.4. The minimum absolute atomic E-state index is 0.267. The van der Waals surface area contributed by atoms with Crippen LogP contribution in [0.15, 0.2) is 65.8 Å². The molecule has 9 heteroatoms. The van der Waals surface area contributed by atoms with E-state index in [9.17, 15) is 14.7 Å². The molecule has 2 aromatic heterocycles. The number of nitrogens with zero attached hydrogens (tertiary/aromatic N) is 3. The molecule has 0 saturated heterocycles. The number of aromatic amines is 1. The van der Waals surface area contributed by atoms with Crippen LogP contribution in [0.25, 0.3) is 16.7 Å². The number of ether oxygens (including phenoxy) is 1. The van der Waals surface area contributed by atoms with Gasteiger partial charge in [0.2, 0.25) is 0 Å². The number of benzene rings is 2. The molecule has 0 aliphatic carbocycles. The molecule has 1 atom stereocenters. The smallest absolute Gasteiger partial charge is 0.261 e. The van der Waals surface area contributed by atoms with Gasteiger partial charge in [0.05, 0.1) is 25.3 Å². The molecule has 1 unspecified atom stereocenters. The normalized spacial score (nSPS) is 11.9. The number of hydrogen-bond donors (Lipinski definition) is 3. The Kier molecular flexibility index (Phi) is 4.80. The maximum atomic E-state index is 12.4. The van der Waals surface area contributed by atoms with Gasteiger partial charge in [-0.15, -0.1) is 0 Å². The van der Waals surface area contributed by atoms with Crippen molar-refractivity contribution in [3.63, 3.8) is 0 Å². The molecule has 9 nitrogen and oxygen atoms in total. The Morgan fingerprint density at radius 3 is 2.79 bits per heavy atom. The SMILES string of the molecule is COc1cccc(C(O)C(=O)Nc2ccc(-n3ncc4c(=O)[nH]cnc43)cc2)c1. The number of amides is 1.